The molecule has 200 valence electrons. The molecule has 0 saturated carbocycles. The van der Waals surface area contributed by atoms with Crippen molar-refractivity contribution in [2.24, 2.45) is 0 Å². The summed E-state index contributed by atoms with van der Waals surface area (Å²) < 4.78 is 12.3. The Morgan fingerprint density at radius 2 is 1.66 bits per heavy atom. The van der Waals surface area contributed by atoms with Crippen molar-refractivity contribution in [2.75, 3.05) is 26.2 Å². The molecule has 1 amide bonds. The van der Waals surface area contributed by atoms with Gasteiger partial charge in [0, 0.05) is 37.0 Å². The lowest BCUT2D eigenvalue weighted by Gasteiger charge is -2.40. The van der Waals surface area contributed by atoms with Crippen molar-refractivity contribution in [1.29, 1.82) is 0 Å². The fraction of sp³-hybridized carbons (Fsp3) is 0.469. The Kier molecular flexibility index (Phi) is 8.80. The number of piperidine rings is 2. The average Bonchev–Trinajstić information content (AvgIpc) is 3.00. The van der Waals surface area contributed by atoms with Crippen LogP contribution in [0.3, 0.4) is 0 Å². The Morgan fingerprint density at radius 3 is 2.32 bits per heavy atom. The molecule has 0 spiro atoms. The third-order valence-corrected chi connectivity index (χ3v) is 8.07. The van der Waals surface area contributed by atoms with Gasteiger partial charge in [-0.3, -0.25) is 4.79 Å². The number of rotatable bonds is 7. The molecule has 2 aromatic rings. The molecular weight excluding hydrogens is 476 g/mol. The molecule has 6 nitrogen and oxygen atoms in total. The molecule has 0 unspecified atom stereocenters. The normalized spacial score (nSPS) is 22.8. The van der Waals surface area contributed by atoms with Gasteiger partial charge in [0.15, 0.2) is 5.76 Å². The van der Waals surface area contributed by atoms with E-state index >= 15 is 0 Å². The molecule has 2 fully saturated rings. The molecule has 2 atom stereocenters. The van der Waals surface area contributed by atoms with E-state index in [2.05, 4.69) is 10.8 Å². The van der Waals surface area contributed by atoms with Crippen LogP contribution in [0.25, 0.3) is 0 Å². The number of allylic oxidation sites excluding steroid dienone is 1. The number of terminal acetylenes is 1. The van der Waals surface area contributed by atoms with Crippen molar-refractivity contribution in [2.45, 2.75) is 70.0 Å². The van der Waals surface area contributed by atoms with Crippen LogP contribution in [0, 0.1) is 12.3 Å². The number of hydrogen-bond donors (Lipinski definition) is 1. The predicted octanol–water partition coefficient (Wildman–Crippen LogP) is 4.57. The van der Waals surface area contributed by atoms with Crippen molar-refractivity contribution < 1.29 is 19.4 Å². The molecule has 3 aliphatic heterocycles. The maximum Gasteiger partial charge on any atom is 0.288 e. The number of aliphatic hydroxyl groups excluding tert-OH is 1. The molecular formula is C32H38N2O4. The molecule has 6 heteroatoms. The first kappa shape index (κ1) is 26.5. The number of hydrogen-bond acceptors (Lipinski definition) is 5. The zero-order chi connectivity index (χ0) is 26.3. The van der Waals surface area contributed by atoms with E-state index in [1.807, 2.05) is 59.5 Å². The SMILES string of the molecule is C#Cc1ccc([C@@H]2C=C(C(=O)N3CCC(N4CCCCC4)CC3)O[C@H](OCc3ccc(CO)cc3)C2)cc1. The van der Waals surface area contributed by atoms with Gasteiger partial charge < -0.3 is 24.4 Å². The molecule has 38 heavy (non-hydrogen) atoms. The van der Waals surface area contributed by atoms with Crippen molar-refractivity contribution in [3.05, 3.63) is 82.6 Å². The number of carbonyl (C=O) groups is 1. The molecule has 0 radical (unpaired) electrons. The molecule has 3 heterocycles. The van der Waals surface area contributed by atoms with Crippen LogP contribution in [-0.2, 0) is 27.5 Å². The van der Waals surface area contributed by atoms with Gasteiger partial charge in [0.2, 0.25) is 6.29 Å². The third-order valence-electron chi connectivity index (χ3n) is 8.07. The van der Waals surface area contributed by atoms with Crippen LogP contribution in [0.15, 0.2) is 60.4 Å². The van der Waals surface area contributed by atoms with Gasteiger partial charge in [-0.15, -0.1) is 6.42 Å². The van der Waals surface area contributed by atoms with Gasteiger partial charge in [0.05, 0.1) is 13.2 Å². The number of likely N-dealkylation sites (tertiary alicyclic amines) is 2. The number of ether oxygens (including phenoxy) is 2. The Balaban J connectivity index is 1.27. The molecule has 2 aromatic carbocycles. The minimum Gasteiger partial charge on any atom is -0.459 e. The first-order valence-corrected chi connectivity index (χ1v) is 13.9. The van der Waals surface area contributed by atoms with Crippen LogP contribution >= 0.6 is 0 Å². The van der Waals surface area contributed by atoms with Crippen molar-refractivity contribution in [3.8, 4) is 12.3 Å². The number of carbonyl (C=O) groups excluding carboxylic acids is 1. The maximum atomic E-state index is 13.6. The second-order valence-corrected chi connectivity index (χ2v) is 10.6. The average molecular weight is 515 g/mol. The minimum absolute atomic E-state index is 0.0119. The maximum absolute atomic E-state index is 13.6. The lowest BCUT2D eigenvalue weighted by atomic mass is 9.92. The summed E-state index contributed by atoms with van der Waals surface area (Å²) in [6, 6.07) is 16.2. The second kappa shape index (κ2) is 12.6. The summed E-state index contributed by atoms with van der Waals surface area (Å²) in [5.74, 6) is 2.98. The first-order chi connectivity index (χ1) is 18.6. The lowest BCUT2D eigenvalue weighted by molar-refractivity contribution is -0.157. The highest BCUT2D eigenvalue weighted by molar-refractivity contribution is 5.91. The first-order valence-electron chi connectivity index (χ1n) is 13.9. The predicted molar refractivity (Wildman–Crippen MR) is 147 cm³/mol. The van der Waals surface area contributed by atoms with Crippen LogP contribution in [-0.4, -0.2) is 59.3 Å². The summed E-state index contributed by atoms with van der Waals surface area (Å²) in [5.41, 5.74) is 3.76. The van der Waals surface area contributed by atoms with Crippen LogP contribution in [0.2, 0.25) is 0 Å². The molecule has 1 N–H and O–H groups in total. The highest BCUT2D eigenvalue weighted by Gasteiger charge is 2.33. The van der Waals surface area contributed by atoms with E-state index in [1.54, 1.807) is 0 Å². The smallest absolute Gasteiger partial charge is 0.288 e. The highest BCUT2D eigenvalue weighted by Crippen LogP contribution is 2.33. The van der Waals surface area contributed by atoms with E-state index in [9.17, 15) is 9.90 Å². The second-order valence-electron chi connectivity index (χ2n) is 10.6. The Bertz CT molecular complexity index is 1140. The van der Waals surface area contributed by atoms with Gasteiger partial charge in [0.25, 0.3) is 5.91 Å². The molecule has 0 bridgehead atoms. The molecule has 3 aliphatic rings. The van der Waals surface area contributed by atoms with Crippen LogP contribution in [0.1, 0.15) is 66.7 Å². The molecule has 2 saturated heterocycles. The van der Waals surface area contributed by atoms with Crippen molar-refractivity contribution in [1.82, 2.24) is 9.80 Å². The number of nitrogens with zero attached hydrogens (tertiary/aromatic N) is 2. The fourth-order valence-electron chi connectivity index (χ4n) is 5.77. The quantitative estimate of drug-likeness (QED) is 0.549. The fourth-order valence-corrected chi connectivity index (χ4v) is 5.77. The van der Waals surface area contributed by atoms with E-state index < -0.39 is 6.29 Å². The Hall–Kier alpha value is -3.11. The van der Waals surface area contributed by atoms with Gasteiger partial charge in [-0.25, -0.2) is 0 Å². The number of benzene rings is 2. The van der Waals surface area contributed by atoms with Gasteiger partial charge in [-0.05, 0) is 73.7 Å². The van der Waals surface area contributed by atoms with Gasteiger partial charge >= 0.3 is 0 Å². The lowest BCUT2D eigenvalue weighted by Crippen LogP contribution is -2.49. The molecule has 5 rings (SSSR count). The van der Waals surface area contributed by atoms with E-state index in [-0.39, 0.29) is 18.4 Å². The molecule has 0 aliphatic carbocycles. The summed E-state index contributed by atoms with van der Waals surface area (Å²) in [6.07, 6.45) is 13.5. The number of amides is 1. The number of aliphatic hydroxyl groups is 1. The van der Waals surface area contributed by atoms with Crippen molar-refractivity contribution >= 4 is 5.91 Å². The third kappa shape index (κ3) is 6.47. The Morgan fingerprint density at radius 1 is 0.974 bits per heavy atom. The summed E-state index contributed by atoms with van der Waals surface area (Å²) in [6.45, 7) is 4.26. The van der Waals surface area contributed by atoms with Crippen LogP contribution < -0.4 is 0 Å². The Labute approximate surface area is 226 Å². The van der Waals surface area contributed by atoms with Crippen LogP contribution in [0.5, 0.6) is 0 Å². The summed E-state index contributed by atoms with van der Waals surface area (Å²) >= 11 is 0. The zero-order valence-corrected chi connectivity index (χ0v) is 22.1. The summed E-state index contributed by atoms with van der Waals surface area (Å²) in [4.78, 5) is 18.2. The highest BCUT2D eigenvalue weighted by atomic mass is 16.7. The molecule has 0 aromatic heterocycles. The summed E-state index contributed by atoms with van der Waals surface area (Å²) in [7, 11) is 0. The van der Waals surface area contributed by atoms with Gasteiger partial charge in [0.1, 0.15) is 0 Å². The minimum atomic E-state index is -0.542. The van der Waals surface area contributed by atoms with E-state index in [0.717, 1.165) is 48.2 Å². The van der Waals surface area contributed by atoms with Gasteiger partial charge in [-0.2, -0.15) is 0 Å². The van der Waals surface area contributed by atoms with Crippen molar-refractivity contribution in [3.63, 3.8) is 0 Å². The topological polar surface area (TPSA) is 62.2 Å². The van der Waals surface area contributed by atoms with Crippen LogP contribution in [0.4, 0.5) is 0 Å². The summed E-state index contributed by atoms with van der Waals surface area (Å²) in [5, 5.41) is 9.30. The standard InChI is InChI=1S/C32H38N2O4/c1-2-24-10-12-27(13-11-24)28-20-30(38-31(21-28)37-23-26-8-6-25(22-35)7-9-26)32(36)34-18-14-29(15-19-34)33-16-4-3-5-17-33/h1,6-13,20,28-29,31,35H,3-5,14-19,21-23H2/t28-,31+/m1/s1. The van der Waals surface area contributed by atoms with Gasteiger partial charge in [-0.1, -0.05) is 48.7 Å². The van der Waals surface area contributed by atoms with E-state index in [4.69, 9.17) is 15.9 Å². The monoisotopic (exact) mass is 514 g/mol. The van der Waals surface area contributed by atoms with E-state index in [1.165, 1.54) is 32.4 Å². The zero-order valence-electron chi connectivity index (χ0n) is 22.1. The van der Waals surface area contributed by atoms with E-state index in [0.29, 0.717) is 24.8 Å². The largest absolute Gasteiger partial charge is 0.459 e.